The molecular formula is C33H34O12. The van der Waals surface area contributed by atoms with E-state index in [0.717, 1.165) is 12.0 Å². The molecule has 1 aliphatic heterocycles. The SMILES string of the molecule is CCCOc1ccc2c(c1)C(c1ccc(OC)cc1OCC(=O)O)C(C(=O)OC(OCC)C(=O)O)C2c1ccc2c(c1)OCO2. The van der Waals surface area contributed by atoms with Crippen LogP contribution in [0, 0.1) is 5.92 Å². The average molecular weight is 623 g/mol. The van der Waals surface area contributed by atoms with Crippen molar-refractivity contribution in [1.29, 1.82) is 0 Å². The Morgan fingerprint density at radius 2 is 1.62 bits per heavy atom. The predicted molar refractivity (Wildman–Crippen MR) is 157 cm³/mol. The lowest BCUT2D eigenvalue weighted by molar-refractivity contribution is -0.199. The number of hydrogen-bond acceptors (Lipinski definition) is 10. The molecule has 3 aromatic rings. The van der Waals surface area contributed by atoms with Crippen LogP contribution in [0.5, 0.6) is 28.7 Å². The lowest BCUT2D eigenvalue weighted by atomic mass is 9.79. The van der Waals surface area contributed by atoms with Crippen molar-refractivity contribution in [3.05, 3.63) is 76.9 Å². The molecule has 0 radical (unpaired) electrons. The summed E-state index contributed by atoms with van der Waals surface area (Å²) in [7, 11) is 1.47. The Bertz CT molecular complexity index is 1570. The van der Waals surface area contributed by atoms with Gasteiger partial charge in [-0.2, -0.15) is 0 Å². The van der Waals surface area contributed by atoms with Gasteiger partial charge >= 0.3 is 24.2 Å². The van der Waals surface area contributed by atoms with Crippen molar-refractivity contribution in [2.75, 3.05) is 33.7 Å². The van der Waals surface area contributed by atoms with Crippen molar-refractivity contribution in [2.45, 2.75) is 38.4 Å². The van der Waals surface area contributed by atoms with E-state index in [1.807, 2.05) is 31.2 Å². The van der Waals surface area contributed by atoms with E-state index in [2.05, 4.69) is 0 Å². The number of rotatable bonds is 14. The van der Waals surface area contributed by atoms with E-state index in [9.17, 15) is 24.6 Å². The maximum Gasteiger partial charge on any atom is 0.374 e. The second-order valence-electron chi connectivity index (χ2n) is 10.4. The average Bonchev–Trinajstić information content (AvgIpc) is 3.64. The maximum atomic E-state index is 14.2. The smallest absolute Gasteiger partial charge is 0.374 e. The zero-order valence-electron chi connectivity index (χ0n) is 25.0. The molecule has 0 bridgehead atoms. The van der Waals surface area contributed by atoms with Gasteiger partial charge in [0.1, 0.15) is 17.2 Å². The number of fused-ring (bicyclic) bond motifs is 2. The fraction of sp³-hybridized carbons (Fsp3) is 0.364. The molecule has 1 aliphatic carbocycles. The number of hydrogen-bond donors (Lipinski definition) is 2. The third-order valence-electron chi connectivity index (χ3n) is 7.60. The van der Waals surface area contributed by atoms with Crippen molar-refractivity contribution in [3.8, 4) is 28.7 Å². The van der Waals surface area contributed by atoms with Crippen molar-refractivity contribution in [3.63, 3.8) is 0 Å². The first kappa shape index (κ1) is 31.5. The number of benzene rings is 3. The summed E-state index contributed by atoms with van der Waals surface area (Å²) in [5.74, 6) is -3.78. The van der Waals surface area contributed by atoms with Gasteiger partial charge in [0.25, 0.3) is 0 Å². The largest absolute Gasteiger partial charge is 0.497 e. The van der Waals surface area contributed by atoms with Crippen LogP contribution in [0.25, 0.3) is 0 Å². The van der Waals surface area contributed by atoms with Crippen molar-refractivity contribution in [1.82, 2.24) is 0 Å². The summed E-state index contributed by atoms with van der Waals surface area (Å²) >= 11 is 0. The summed E-state index contributed by atoms with van der Waals surface area (Å²) < 4.78 is 39.0. The summed E-state index contributed by atoms with van der Waals surface area (Å²) in [6, 6.07) is 15.8. The van der Waals surface area contributed by atoms with E-state index >= 15 is 0 Å². The summed E-state index contributed by atoms with van der Waals surface area (Å²) in [6.45, 7) is 3.44. The maximum absolute atomic E-state index is 14.2. The molecule has 5 rings (SSSR count). The van der Waals surface area contributed by atoms with E-state index in [1.54, 1.807) is 37.3 Å². The number of carboxylic acid groups (broad SMARTS) is 2. The second kappa shape index (κ2) is 13.8. The Kier molecular flexibility index (Phi) is 9.62. The molecule has 0 saturated heterocycles. The Morgan fingerprint density at radius 3 is 2.33 bits per heavy atom. The van der Waals surface area contributed by atoms with Crippen molar-refractivity contribution in [2.24, 2.45) is 5.92 Å². The number of esters is 1. The Morgan fingerprint density at radius 1 is 0.867 bits per heavy atom. The van der Waals surface area contributed by atoms with Gasteiger partial charge in [-0.3, -0.25) is 4.79 Å². The summed E-state index contributed by atoms with van der Waals surface area (Å²) in [4.78, 5) is 37.7. The highest BCUT2D eigenvalue weighted by Crippen LogP contribution is 2.56. The lowest BCUT2D eigenvalue weighted by Gasteiger charge is -2.27. The van der Waals surface area contributed by atoms with Gasteiger partial charge in [0.2, 0.25) is 6.79 Å². The number of carbonyl (C=O) groups is 3. The van der Waals surface area contributed by atoms with E-state index in [4.69, 9.17) is 33.2 Å². The van der Waals surface area contributed by atoms with Gasteiger partial charge in [-0.15, -0.1) is 0 Å². The summed E-state index contributed by atoms with van der Waals surface area (Å²) in [6.07, 6.45) is -1.07. The molecule has 2 aliphatic rings. The molecule has 0 amide bonds. The lowest BCUT2D eigenvalue weighted by Crippen LogP contribution is -2.35. The summed E-state index contributed by atoms with van der Waals surface area (Å²) in [5, 5.41) is 19.2. The van der Waals surface area contributed by atoms with Crippen LogP contribution < -0.4 is 23.7 Å². The molecule has 1 heterocycles. The first-order valence-electron chi connectivity index (χ1n) is 14.5. The van der Waals surface area contributed by atoms with Gasteiger partial charge < -0.3 is 43.4 Å². The summed E-state index contributed by atoms with van der Waals surface area (Å²) in [5.41, 5.74) is 2.62. The van der Waals surface area contributed by atoms with Crippen LogP contribution in [-0.2, 0) is 23.9 Å². The fourth-order valence-corrected chi connectivity index (χ4v) is 5.78. The minimum absolute atomic E-state index is 0.00601. The number of aliphatic carboxylic acids is 2. The topological polar surface area (TPSA) is 156 Å². The van der Waals surface area contributed by atoms with E-state index < -0.39 is 48.6 Å². The van der Waals surface area contributed by atoms with Gasteiger partial charge in [-0.05, 0) is 60.4 Å². The Balaban J connectivity index is 1.72. The molecule has 0 fully saturated rings. The van der Waals surface area contributed by atoms with Crippen LogP contribution in [-0.4, -0.2) is 68.1 Å². The van der Waals surface area contributed by atoms with Crippen molar-refractivity contribution < 1.29 is 57.8 Å². The van der Waals surface area contributed by atoms with Gasteiger partial charge in [-0.25, -0.2) is 9.59 Å². The van der Waals surface area contributed by atoms with Crippen LogP contribution >= 0.6 is 0 Å². The third kappa shape index (κ3) is 6.60. The van der Waals surface area contributed by atoms with Crippen LogP contribution in [0.15, 0.2) is 54.6 Å². The monoisotopic (exact) mass is 622 g/mol. The minimum atomic E-state index is -1.84. The second-order valence-corrected chi connectivity index (χ2v) is 10.4. The normalized spacial score (nSPS) is 18.5. The molecule has 2 N–H and O–H groups in total. The van der Waals surface area contributed by atoms with Crippen LogP contribution in [0.3, 0.4) is 0 Å². The highest BCUT2D eigenvalue weighted by molar-refractivity contribution is 5.83. The molecule has 4 atom stereocenters. The first-order chi connectivity index (χ1) is 21.7. The fourth-order valence-electron chi connectivity index (χ4n) is 5.78. The molecule has 3 aromatic carbocycles. The molecule has 238 valence electrons. The molecule has 4 unspecified atom stereocenters. The minimum Gasteiger partial charge on any atom is -0.497 e. The number of carbonyl (C=O) groups excluding carboxylic acids is 1. The van der Waals surface area contributed by atoms with Crippen LogP contribution in [0.4, 0.5) is 0 Å². The van der Waals surface area contributed by atoms with E-state index in [-0.39, 0.29) is 19.1 Å². The standard InChI is InChI=1S/C33H34O12/c1-4-12-41-20-8-9-21-23(14-20)29(22-10-7-19(39-3)15-25(22)42-16-27(34)35)30(32(38)45-33(31(36)37)40-5-2)28(21)18-6-11-24-26(13-18)44-17-43-24/h6-11,13-15,28-30,33H,4-5,12,16-17H2,1-3H3,(H,34,35)(H,36,37). The Labute approximate surface area is 259 Å². The quantitative estimate of drug-likeness (QED) is 0.191. The van der Waals surface area contributed by atoms with Gasteiger partial charge in [0.05, 0.1) is 19.6 Å². The Hall–Kier alpha value is -4.97. The number of ether oxygens (including phenoxy) is 7. The highest BCUT2D eigenvalue weighted by Gasteiger charge is 2.49. The van der Waals surface area contributed by atoms with E-state index in [0.29, 0.717) is 46.3 Å². The molecule has 0 saturated carbocycles. The molecule has 0 spiro atoms. The van der Waals surface area contributed by atoms with Gasteiger partial charge in [0.15, 0.2) is 18.1 Å². The highest BCUT2D eigenvalue weighted by atomic mass is 16.7. The molecule has 12 heteroatoms. The molecule has 12 nitrogen and oxygen atoms in total. The zero-order valence-corrected chi connectivity index (χ0v) is 25.0. The van der Waals surface area contributed by atoms with Gasteiger partial charge in [0, 0.05) is 30.1 Å². The molecule has 0 aromatic heterocycles. The number of carboxylic acids is 2. The van der Waals surface area contributed by atoms with Crippen molar-refractivity contribution >= 4 is 17.9 Å². The van der Waals surface area contributed by atoms with Gasteiger partial charge in [-0.1, -0.05) is 25.1 Å². The molecule has 45 heavy (non-hydrogen) atoms. The predicted octanol–water partition coefficient (Wildman–Crippen LogP) is 4.56. The van der Waals surface area contributed by atoms with Crippen LogP contribution in [0.1, 0.15) is 54.4 Å². The first-order valence-corrected chi connectivity index (χ1v) is 14.5. The number of methoxy groups -OCH3 is 1. The third-order valence-corrected chi connectivity index (χ3v) is 7.60. The zero-order chi connectivity index (χ0) is 32.1. The molecular weight excluding hydrogens is 588 g/mol. The van der Waals surface area contributed by atoms with Crippen LogP contribution in [0.2, 0.25) is 0 Å². The van der Waals surface area contributed by atoms with E-state index in [1.165, 1.54) is 7.11 Å².